The van der Waals surface area contributed by atoms with Crippen molar-refractivity contribution in [3.8, 4) is 6.07 Å². The molecule has 112 valence electrons. The van der Waals surface area contributed by atoms with Gasteiger partial charge in [-0.2, -0.15) is 5.26 Å². The summed E-state index contributed by atoms with van der Waals surface area (Å²) in [5, 5.41) is 11.2. The Morgan fingerprint density at radius 2 is 2.00 bits per heavy atom. The second-order valence-electron chi connectivity index (χ2n) is 4.33. The molecule has 0 radical (unpaired) electrons. The summed E-state index contributed by atoms with van der Waals surface area (Å²) in [6, 6.07) is 1.71. The Labute approximate surface area is 126 Å². The number of amides is 2. The highest BCUT2D eigenvalue weighted by Crippen LogP contribution is 2.34. The number of carbonyl (C=O) groups is 3. The molecule has 0 fully saturated rings. The number of ether oxygens (including phenoxy) is 1. The summed E-state index contributed by atoms with van der Waals surface area (Å²) in [5.41, 5.74) is 0.580. The van der Waals surface area contributed by atoms with E-state index in [4.69, 9.17) is 5.26 Å². The molecule has 0 saturated heterocycles. The van der Waals surface area contributed by atoms with Gasteiger partial charge in [-0.15, -0.1) is 11.3 Å². The minimum absolute atomic E-state index is 0.138. The Bertz CT molecular complexity index is 628. The first-order valence-electron chi connectivity index (χ1n) is 5.93. The maximum absolute atomic E-state index is 12.1. The van der Waals surface area contributed by atoms with Gasteiger partial charge in [-0.25, -0.2) is 4.79 Å². The molecule has 21 heavy (non-hydrogen) atoms. The van der Waals surface area contributed by atoms with Crippen LogP contribution in [0.3, 0.4) is 0 Å². The fourth-order valence-electron chi connectivity index (χ4n) is 1.60. The molecule has 0 unspecified atom stereocenters. The molecular formula is C13H15N3O4S. The van der Waals surface area contributed by atoms with Gasteiger partial charge in [0.2, 0.25) is 5.91 Å². The molecule has 8 heteroatoms. The molecule has 7 nitrogen and oxygen atoms in total. The van der Waals surface area contributed by atoms with Gasteiger partial charge in [-0.05, 0) is 12.5 Å². The van der Waals surface area contributed by atoms with Crippen molar-refractivity contribution in [2.75, 3.05) is 26.5 Å². The van der Waals surface area contributed by atoms with E-state index < -0.39 is 11.9 Å². The second kappa shape index (κ2) is 6.85. The summed E-state index contributed by atoms with van der Waals surface area (Å²) >= 11 is 0.987. The number of esters is 1. The van der Waals surface area contributed by atoms with Crippen LogP contribution in [-0.2, 0) is 9.53 Å². The molecular weight excluding hydrogens is 294 g/mol. The van der Waals surface area contributed by atoms with E-state index >= 15 is 0 Å². The SMILES string of the molecule is COC(=O)c1c(NC(=O)CC#N)sc(C(=O)N(C)C)c1C. The van der Waals surface area contributed by atoms with Crippen LogP contribution in [0.1, 0.15) is 32.0 Å². The highest BCUT2D eigenvalue weighted by molar-refractivity contribution is 7.18. The lowest BCUT2D eigenvalue weighted by molar-refractivity contribution is -0.115. The van der Waals surface area contributed by atoms with E-state index in [-0.39, 0.29) is 22.9 Å². The van der Waals surface area contributed by atoms with Crippen LogP contribution in [0.15, 0.2) is 0 Å². The van der Waals surface area contributed by atoms with Crippen LogP contribution in [0.2, 0.25) is 0 Å². The Morgan fingerprint density at radius 3 is 2.48 bits per heavy atom. The number of nitriles is 1. The highest BCUT2D eigenvalue weighted by atomic mass is 32.1. The maximum Gasteiger partial charge on any atom is 0.341 e. The molecule has 0 aliphatic carbocycles. The summed E-state index contributed by atoms with van der Waals surface area (Å²) in [4.78, 5) is 37.2. The van der Waals surface area contributed by atoms with Crippen molar-refractivity contribution in [1.29, 1.82) is 5.26 Å². The second-order valence-corrected chi connectivity index (χ2v) is 5.36. The fourth-order valence-corrected chi connectivity index (χ4v) is 2.83. The van der Waals surface area contributed by atoms with Gasteiger partial charge in [0.1, 0.15) is 11.4 Å². The van der Waals surface area contributed by atoms with Crippen molar-refractivity contribution in [2.24, 2.45) is 0 Å². The number of methoxy groups -OCH3 is 1. The van der Waals surface area contributed by atoms with Crippen LogP contribution >= 0.6 is 11.3 Å². The average molecular weight is 309 g/mol. The van der Waals surface area contributed by atoms with Gasteiger partial charge in [0.15, 0.2) is 0 Å². The minimum Gasteiger partial charge on any atom is -0.465 e. The third kappa shape index (κ3) is 3.58. The lowest BCUT2D eigenvalue weighted by atomic mass is 10.1. The summed E-state index contributed by atoms with van der Waals surface area (Å²) < 4.78 is 4.68. The van der Waals surface area contributed by atoms with Crippen LogP contribution in [0.4, 0.5) is 5.00 Å². The summed E-state index contributed by atoms with van der Waals surface area (Å²) in [6.45, 7) is 1.61. The molecule has 0 aliphatic rings. The predicted molar refractivity (Wildman–Crippen MR) is 77.3 cm³/mol. The lowest BCUT2D eigenvalue weighted by Gasteiger charge is -2.08. The summed E-state index contributed by atoms with van der Waals surface area (Å²) in [5.74, 6) is -1.47. The Morgan fingerprint density at radius 1 is 1.38 bits per heavy atom. The zero-order valence-electron chi connectivity index (χ0n) is 12.1. The number of thiophene rings is 1. The van der Waals surface area contributed by atoms with E-state index in [1.165, 1.54) is 12.0 Å². The maximum atomic E-state index is 12.1. The Kier molecular flexibility index (Phi) is 5.44. The molecule has 1 N–H and O–H groups in total. The largest absolute Gasteiger partial charge is 0.465 e. The Hall–Kier alpha value is -2.40. The highest BCUT2D eigenvalue weighted by Gasteiger charge is 2.26. The normalized spacial score (nSPS) is 9.67. The van der Waals surface area contributed by atoms with Gasteiger partial charge in [0.05, 0.1) is 23.6 Å². The summed E-state index contributed by atoms with van der Waals surface area (Å²) in [6.07, 6.45) is -0.339. The van der Waals surface area contributed by atoms with Gasteiger partial charge >= 0.3 is 5.97 Å². The fraction of sp³-hybridized carbons (Fsp3) is 0.385. The zero-order chi connectivity index (χ0) is 16.2. The van der Waals surface area contributed by atoms with Crippen LogP contribution in [0, 0.1) is 18.3 Å². The van der Waals surface area contributed by atoms with Gasteiger partial charge in [-0.1, -0.05) is 0 Å². The van der Waals surface area contributed by atoms with Crippen LogP contribution in [0.5, 0.6) is 0 Å². The monoisotopic (exact) mass is 309 g/mol. The first kappa shape index (κ1) is 16.7. The van der Waals surface area contributed by atoms with Crippen molar-refractivity contribution in [3.05, 3.63) is 16.0 Å². The van der Waals surface area contributed by atoms with E-state index in [1.54, 1.807) is 27.1 Å². The van der Waals surface area contributed by atoms with Crippen molar-refractivity contribution >= 4 is 34.1 Å². The number of hydrogen-bond donors (Lipinski definition) is 1. The molecule has 0 atom stereocenters. The molecule has 1 aromatic heterocycles. The number of hydrogen-bond acceptors (Lipinski definition) is 6. The number of nitrogens with zero attached hydrogens (tertiary/aromatic N) is 2. The van der Waals surface area contributed by atoms with Gasteiger partial charge in [0.25, 0.3) is 5.91 Å². The molecule has 0 spiro atoms. The number of nitrogens with one attached hydrogen (secondary N) is 1. The molecule has 0 bridgehead atoms. The van der Waals surface area contributed by atoms with Gasteiger partial charge in [0, 0.05) is 14.1 Å². The van der Waals surface area contributed by atoms with E-state index in [2.05, 4.69) is 10.1 Å². The van der Waals surface area contributed by atoms with Crippen molar-refractivity contribution in [2.45, 2.75) is 13.3 Å². The van der Waals surface area contributed by atoms with Crippen LogP contribution in [-0.4, -0.2) is 43.9 Å². The molecule has 1 aromatic rings. The van der Waals surface area contributed by atoms with E-state index in [9.17, 15) is 14.4 Å². The number of carbonyl (C=O) groups excluding carboxylic acids is 3. The van der Waals surface area contributed by atoms with Crippen LogP contribution < -0.4 is 5.32 Å². The topological polar surface area (TPSA) is 99.5 Å². The van der Waals surface area contributed by atoms with E-state index in [0.717, 1.165) is 11.3 Å². The number of anilines is 1. The predicted octanol–water partition coefficient (Wildman–Crippen LogP) is 1.40. The van der Waals surface area contributed by atoms with Crippen LogP contribution in [0.25, 0.3) is 0 Å². The van der Waals surface area contributed by atoms with E-state index in [1.807, 2.05) is 0 Å². The summed E-state index contributed by atoms with van der Waals surface area (Å²) in [7, 11) is 4.40. The zero-order valence-corrected chi connectivity index (χ0v) is 13.0. The van der Waals surface area contributed by atoms with E-state index in [0.29, 0.717) is 10.4 Å². The number of rotatable bonds is 4. The molecule has 1 rings (SSSR count). The molecule has 0 aliphatic heterocycles. The van der Waals surface area contributed by atoms with Crippen molar-refractivity contribution in [1.82, 2.24) is 4.90 Å². The van der Waals surface area contributed by atoms with Crippen molar-refractivity contribution < 1.29 is 19.1 Å². The standard InChI is InChI=1S/C13H15N3O4S/c1-7-9(13(19)20-4)11(15-8(17)5-6-14)21-10(7)12(18)16(2)3/h5H2,1-4H3,(H,15,17). The lowest BCUT2D eigenvalue weighted by Crippen LogP contribution is -2.21. The average Bonchev–Trinajstić information content (AvgIpc) is 2.73. The van der Waals surface area contributed by atoms with Gasteiger partial charge in [-0.3, -0.25) is 9.59 Å². The Balaban J connectivity index is 3.32. The molecule has 0 aromatic carbocycles. The molecule has 2 amide bonds. The third-order valence-corrected chi connectivity index (χ3v) is 3.82. The molecule has 1 heterocycles. The smallest absolute Gasteiger partial charge is 0.341 e. The quantitative estimate of drug-likeness (QED) is 0.847. The van der Waals surface area contributed by atoms with Crippen molar-refractivity contribution in [3.63, 3.8) is 0 Å². The van der Waals surface area contributed by atoms with Gasteiger partial charge < -0.3 is 15.0 Å². The molecule has 0 saturated carbocycles. The minimum atomic E-state index is -0.645. The first-order valence-corrected chi connectivity index (χ1v) is 6.75. The first-order chi connectivity index (χ1) is 9.83. The third-order valence-electron chi connectivity index (χ3n) is 2.63.